The Hall–Kier alpha value is -1.56. The molecule has 6 heteroatoms. The highest BCUT2D eigenvalue weighted by Gasteiger charge is 2.37. The van der Waals surface area contributed by atoms with Crippen molar-refractivity contribution in [2.45, 2.75) is 38.1 Å². The molecule has 2 atom stereocenters. The minimum absolute atomic E-state index is 0.0276. The lowest BCUT2D eigenvalue weighted by molar-refractivity contribution is 0.0957. The maximum atomic E-state index is 12.3. The van der Waals surface area contributed by atoms with E-state index in [1.165, 1.54) is 30.6 Å². The first kappa shape index (κ1) is 15.3. The number of carbonyl (C=O) groups excluding carboxylic acids is 2. The van der Waals surface area contributed by atoms with E-state index < -0.39 is 0 Å². The molecule has 120 valence electrons. The summed E-state index contributed by atoms with van der Waals surface area (Å²) in [7, 11) is 0. The molecule has 5 nitrogen and oxygen atoms in total. The van der Waals surface area contributed by atoms with E-state index in [9.17, 15) is 9.59 Å². The van der Waals surface area contributed by atoms with Gasteiger partial charge in [-0.1, -0.05) is 18.9 Å². The fourth-order valence-electron chi connectivity index (χ4n) is 3.60. The first-order chi connectivity index (χ1) is 10.8. The minimum Gasteiger partial charge on any atom is -0.350 e. The number of hydrogen-bond acceptors (Lipinski definition) is 3. The van der Waals surface area contributed by atoms with Crippen molar-refractivity contribution in [1.82, 2.24) is 15.5 Å². The molecule has 2 N–H and O–H groups in total. The molecule has 2 heterocycles. The Kier molecular flexibility index (Phi) is 4.97. The first-order valence-electron chi connectivity index (χ1n) is 8.12. The molecule has 0 radical (unpaired) electrons. The van der Waals surface area contributed by atoms with Gasteiger partial charge in [0.1, 0.15) is 0 Å². The van der Waals surface area contributed by atoms with Crippen LogP contribution in [0.3, 0.4) is 0 Å². The number of hydrogen-bond donors (Lipinski definition) is 2. The maximum Gasteiger partial charge on any atom is 0.317 e. The lowest BCUT2D eigenvalue weighted by Crippen LogP contribution is -2.46. The zero-order valence-electron chi connectivity index (χ0n) is 12.7. The van der Waals surface area contributed by atoms with Gasteiger partial charge in [-0.25, -0.2) is 4.79 Å². The van der Waals surface area contributed by atoms with Crippen molar-refractivity contribution in [3.05, 3.63) is 22.4 Å². The molecular weight excluding hydrogens is 298 g/mol. The van der Waals surface area contributed by atoms with E-state index in [0.29, 0.717) is 29.9 Å². The first-order valence-corrected chi connectivity index (χ1v) is 9.00. The lowest BCUT2D eigenvalue weighted by Gasteiger charge is -2.31. The predicted octanol–water partition coefficient (Wildman–Crippen LogP) is 2.45. The number of rotatable bonds is 4. The van der Waals surface area contributed by atoms with Gasteiger partial charge in [0.2, 0.25) is 0 Å². The summed E-state index contributed by atoms with van der Waals surface area (Å²) < 4.78 is 0. The quantitative estimate of drug-likeness (QED) is 0.837. The number of carbonyl (C=O) groups is 2. The van der Waals surface area contributed by atoms with Crippen molar-refractivity contribution < 1.29 is 9.59 Å². The van der Waals surface area contributed by atoms with Gasteiger partial charge < -0.3 is 15.5 Å². The largest absolute Gasteiger partial charge is 0.350 e. The molecular formula is C16H23N3O2S. The van der Waals surface area contributed by atoms with Crippen LogP contribution in [0.1, 0.15) is 41.8 Å². The van der Waals surface area contributed by atoms with Crippen LogP contribution in [0, 0.1) is 5.92 Å². The average molecular weight is 321 g/mol. The summed E-state index contributed by atoms with van der Waals surface area (Å²) in [6.07, 6.45) is 6.11. The van der Waals surface area contributed by atoms with E-state index in [2.05, 4.69) is 10.6 Å². The molecule has 0 spiro atoms. The SMILES string of the molecule is O=C(NCCNC(=O)N1CC[C@H]2CCCC[C@H]21)c1cccs1. The van der Waals surface area contributed by atoms with Crippen molar-refractivity contribution in [1.29, 1.82) is 0 Å². The maximum absolute atomic E-state index is 12.3. The second kappa shape index (κ2) is 7.13. The van der Waals surface area contributed by atoms with Crippen LogP contribution in [0.4, 0.5) is 4.79 Å². The zero-order valence-corrected chi connectivity index (χ0v) is 13.5. The fraction of sp³-hybridized carbons (Fsp3) is 0.625. The van der Waals surface area contributed by atoms with Crippen molar-refractivity contribution in [3.63, 3.8) is 0 Å². The van der Waals surface area contributed by atoms with E-state index >= 15 is 0 Å². The Morgan fingerprint density at radius 1 is 1.18 bits per heavy atom. The molecule has 0 unspecified atom stereocenters. The van der Waals surface area contributed by atoms with Crippen LogP contribution < -0.4 is 10.6 Å². The summed E-state index contributed by atoms with van der Waals surface area (Å²) in [5, 5.41) is 7.64. The molecule has 1 saturated heterocycles. The van der Waals surface area contributed by atoms with Gasteiger partial charge in [-0.3, -0.25) is 4.79 Å². The van der Waals surface area contributed by atoms with Crippen LogP contribution >= 0.6 is 11.3 Å². The van der Waals surface area contributed by atoms with Crippen LogP contribution in [0.25, 0.3) is 0 Å². The Balaban J connectivity index is 1.38. The number of urea groups is 1. The summed E-state index contributed by atoms with van der Waals surface area (Å²) in [6.45, 7) is 1.82. The van der Waals surface area contributed by atoms with Crippen LogP contribution in [0.15, 0.2) is 17.5 Å². The van der Waals surface area contributed by atoms with E-state index in [1.54, 1.807) is 6.07 Å². The summed E-state index contributed by atoms with van der Waals surface area (Å²) in [4.78, 5) is 26.8. The fourth-order valence-corrected chi connectivity index (χ4v) is 4.24. The minimum atomic E-state index is -0.0715. The number of thiophene rings is 1. The van der Waals surface area contributed by atoms with Gasteiger partial charge in [-0.15, -0.1) is 11.3 Å². The summed E-state index contributed by atoms with van der Waals surface area (Å²) in [5.41, 5.74) is 0. The Morgan fingerprint density at radius 3 is 2.82 bits per heavy atom. The van der Waals surface area contributed by atoms with E-state index in [4.69, 9.17) is 0 Å². The Bertz CT molecular complexity index is 517. The van der Waals surface area contributed by atoms with Crippen LogP contribution in [0.5, 0.6) is 0 Å². The highest BCUT2D eigenvalue weighted by atomic mass is 32.1. The van der Waals surface area contributed by atoms with Crippen molar-refractivity contribution in [2.24, 2.45) is 5.92 Å². The zero-order chi connectivity index (χ0) is 15.4. The average Bonchev–Trinajstić information content (AvgIpc) is 3.20. The predicted molar refractivity (Wildman–Crippen MR) is 87.1 cm³/mol. The van der Waals surface area contributed by atoms with E-state index in [1.807, 2.05) is 16.3 Å². The van der Waals surface area contributed by atoms with Gasteiger partial charge in [0.15, 0.2) is 0 Å². The Labute approximate surface area is 135 Å². The number of likely N-dealkylation sites (tertiary alicyclic amines) is 1. The van der Waals surface area contributed by atoms with Crippen LogP contribution in [-0.4, -0.2) is 42.5 Å². The molecule has 1 aliphatic heterocycles. The third-order valence-corrected chi connectivity index (χ3v) is 5.57. The third kappa shape index (κ3) is 3.43. The molecule has 1 aromatic rings. The number of nitrogens with zero attached hydrogens (tertiary/aromatic N) is 1. The normalized spacial score (nSPS) is 23.9. The molecule has 2 aliphatic rings. The molecule has 1 aliphatic carbocycles. The van der Waals surface area contributed by atoms with Gasteiger partial charge in [-0.05, 0) is 36.6 Å². The second-order valence-corrected chi connectivity index (χ2v) is 7.01. The van der Waals surface area contributed by atoms with Gasteiger partial charge in [-0.2, -0.15) is 0 Å². The molecule has 1 saturated carbocycles. The topological polar surface area (TPSA) is 61.4 Å². The lowest BCUT2D eigenvalue weighted by atomic mass is 9.85. The Morgan fingerprint density at radius 2 is 2.00 bits per heavy atom. The molecule has 22 heavy (non-hydrogen) atoms. The highest BCUT2D eigenvalue weighted by Crippen LogP contribution is 2.35. The smallest absolute Gasteiger partial charge is 0.317 e. The number of amides is 3. The highest BCUT2D eigenvalue weighted by molar-refractivity contribution is 7.12. The van der Waals surface area contributed by atoms with Gasteiger partial charge in [0.05, 0.1) is 4.88 Å². The third-order valence-electron chi connectivity index (χ3n) is 4.70. The summed E-state index contributed by atoms with van der Waals surface area (Å²) in [6, 6.07) is 4.12. The molecule has 3 amide bonds. The van der Waals surface area contributed by atoms with Gasteiger partial charge in [0, 0.05) is 25.7 Å². The second-order valence-electron chi connectivity index (χ2n) is 6.06. The van der Waals surface area contributed by atoms with Crippen molar-refractivity contribution in [3.8, 4) is 0 Å². The number of fused-ring (bicyclic) bond motifs is 1. The van der Waals surface area contributed by atoms with Crippen LogP contribution in [-0.2, 0) is 0 Å². The van der Waals surface area contributed by atoms with Crippen molar-refractivity contribution >= 4 is 23.3 Å². The van der Waals surface area contributed by atoms with Crippen LogP contribution in [0.2, 0.25) is 0 Å². The molecule has 2 fully saturated rings. The summed E-state index contributed by atoms with van der Waals surface area (Å²) >= 11 is 1.42. The monoisotopic (exact) mass is 321 g/mol. The molecule has 0 aromatic carbocycles. The summed E-state index contributed by atoms with van der Waals surface area (Å²) in [5.74, 6) is 0.635. The van der Waals surface area contributed by atoms with Gasteiger partial charge in [0.25, 0.3) is 5.91 Å². The van der Waals surface area contributed by atoms with Crippen molar-refractivity contribution in [2.75, 3.05) is 19.6 Å². The van der Waals surface area contributed by atoms with E-state index in [-0.39, 0.29) is 11.9 Å². The van der Waals surface area contributed by atoms with E-state index in [0.717, 1.165) is 19.4 Å². The standard InChI is InChI=1S/C16H23N3O2S/c20-15(14-6-3-11-22-14)17-8-9-18-16(21)19-10-7-12-4-1-2-5-13(12)19/h3,6,11-13H,1-2,4-5,7-10H2,(H,17,20)(H,18,21)/t12-,13-/m1/s1. The molecule has 1 aromatic heterocycles. The van der Waals surface area contributed by atoms with Gasteiger partial charge >= 0.3 is 6.03 Å². The molecule has 0 bridgehead atoms. The number of nitrogens with one attached hydrogen (secondary N) is 2. The molecule has 3 rings (SSSR count).